The van der Waals surface area contributed by atoms with Crippen LogP contribution in [0.4, 0.5) is 0 Å². The maximum Gasteiger partial charge on any atom is 0.357 e. The lowest BCUT2D eigenvalue weighted by atomic mass is 9.97. The minimum Gasteiger partial charge on any atom is -0.461 e. The van der Waals surface area contributed by atoms with Crippen LogP contribution in [0.5, 0.6) is 0 Å². The van der Waals surface area contributed by atoms with E-state index < -0.39 is 13.1 Å². The molecule has 0 saturated heterocycles. The summed E-state index contributed by atoms with van der Waals surface area (Å²) >= 11 is 0. The molecular weight excluding hydrogens is 549 g/mol. The number of aromatic nitrogens is 1. The van der Waals surface area contributed by atoms with Gasteiger partial charge in [-0.2, -0.15) is 0 Å². The lowest BCUT2D eigenvalue weighted by Gasteiger charge is -2.24. The smallest absolute Gasteiger partial charge is 0.357 e. The largest absolute Gasteiger partial charge is 0.461 e. The second-order valence-electron chi connectivity index (χ2n) is 10.5. The minimum absolute atomic E-state index is 0.156. The molecule has 5 heteroatoms. The number of fused-ring (bicyclic) bond motifs is 3. The Balaban J connectivity index is 1.61. The average Bonchev–Trinajstić information content (AvgIpc) is 3.07. The zero-order valence-corrected chi connectivity index (χ0v) is 24.5. The van der Waals surface area contributed by atoms with Crippen molar-refractivity contribution in [2.24, 2.45) is 0 Å². The number of ether oxygens (including phenoxy) is 1. The summed E-state index contributed by atoms with van der Waals surface area (Å²) in [5.41, 5.74) is 2.04. The lowest BCUT2D eigenvalue weighted by Crippen LogP contribution is -2.29. The van der Waals surface area contributed by atoms with Gasteiger partial charge in [-0.15, -0.1) is 0 Å². The topological polar surface area (TPSA) is 56.3 Å². The summed E-state index contributed by atoms with van der Waals surface area (Å²) in [6, 6.07) is 45.5. The van der Waals surface area contributed by atoms with E-state index in [2.05, 4.69) is 0 Å². The van der Waals surface area contributed by atoms with Crippen LogP contribution < -0.4 is 16.0 Å². The van der Waals surface area contributed by atoms with Gasteiger partial charge in [-0.05, 0) is 51.6 Å². The van der Waals surface area contributed by atoms with Gasteiger partial charge in [-0.3, -0.25) is 0 Å². The molecule has 0 aliphatic heterocycles. The van der Waals surface area contributed by atoms with E-state index in [1.54, 1.807) is 6.92 Å². The molecule has 0 aliphatic carbocycles. The third-order valence-electron chi connectivity index (χ3n) is 7.91. The molecule has 1 aromatic heterocycles. The number of esters is 1. The zero-order chi connectivity index (χ0) is 29.4. The quantitative estimate of drug-likeness (QED) is 0.148. The van der Waals surface area contributed by atoms with Crippen molar-refractivity contribution in [2.75, 3.05) is 6.61 Å². The molecule has 208 valence electrons. The SMILES string of the molecule is CCOC(=O)c1nc(P(=O)(c2ccc3ccccc3c2)c2ccc3ccccc3c2)c2ccccc2c1-c1ccccc1. The molecule has 0 amide bonds. The Bertz CT molecular complexity index is 2120. The van der Waals surface area contributed by atoms with Gasteiger partial charge < -0.3 is 9.30 Å². The fourth-order valence-electron chi connectivity index (χ4n) is 5.87. The minimum atomic E-state index is -3.65. The lowest BCUT2D eigenvalue weighted by molar-refractivity contribution is 0.0521. The van der Waals surface area contributed by atoms with E-state index in [-0.39, 0.29) is 12.3 Å². The van der Waals surface area contributed by atoms with Gasteiger partial charge in [0.05, 0.1) is 6.61 Å². The fraction of sp³-hybridized carbons (Fsp3) is 0.0526. The first-order chi connectivity index (χ1) is 21.1. The number of hydrogen-bond donors (Lipinski definition) is 0. The van der Waals surface area contributed by atoms with Crippen molar-refractivity contribution in [3.05, 3.63) is 145 Å². The molecule has 1 heterocycles. The average molecular weight is 578 g/mol. The van der Waals surface area contributed by atoms with Crippen molar-refractivity contribution in [3.63, 3.8) is 0 Å². The normalized spacial score (nSPS) is 11.7. The van der Waals surface area contributed by atoms with E-state index in [1.807, 2.05) is 140 Å². The standard InChI is InChI=1S/C38H28NO3P/c1-2-42-38(40)36-35(28-14-4-3-5-15-28)33-18-10-11-19-34(33)37(39-36)43(41,31-22-20-26-12-6-8-16-29(26)24-31)32-23-21-27-13-7-9-17-30(27)25-32/h3-25H,2H2,1H3. The molecule has 0 spiro atoms. The monoisotopic (exact) mass is 577 g/mol. The van der Waals surface area contributed by atoms with Crippen LogP contribution in [0, 0.1) is 0 Å². The number of carbonyl (C=O) groups excluding carboxylic acids is 1. The van der Waals surface area contributed by atoms with Crippen molar-refractivity contribution in [2.45, 2.75) is 6.92 Å². The molecule has 0 aliphatic rings. The summed E-state index contributed by atoms with van der Waals surface area (Å²) in [6.07, 6.45) is 0. The highest BCUT2D eigenvalue weighted by Crippen LogP contribution is 2.46. The van der Waals surface area contributed by atoms with Gasteiger partial charge in [-0.1, -0.05) is 127 Å². The third kappa shape index (κ3) is 4.61. The Kier molecular flexibility index (Phi) is 6.85. The van der Waals surface area contributed by atoms with Crippen LogP contribution in [0.25, 0.3) is 43.4 Å². The van der Waals surface area contributed by atoms with Crippen LogP contribution in [0.3, 0.4) is 0 Å². The first kappa shape index (κ1) is 26.8. The van der Waals surface area contributed by atoms with Crippen LogP contribution in [0.1, 0.15) is 17.4 Å². The highest BCUT2D eigenvalue weighted by molar-refractivity contribution is 7.85. The van der Waals surface area contributed by atoms with Crippen LogP contribution in [-0.4, -0.2) is 17.6 Å². The summed E-state index contributed by atoms with van der Waals surface area (Å²) in [5.74, 6) is -0.545. The van der Waals surface area contributed by atoms with Crippen molar-refractivity contribution in [3.8, 4) is 11.1 Å². The van der Waals surface area contributed by atoms with Gasteiger partial charge in [0.25, 0.3) is 0 Å². The second-order valence-corrected chi connectivity index (χ2v) is 13.1. The molecule has 43 heavy (non-hydrogen) atoms. The van der Waals surface area contributed by atoms with Gasteiger partial charge in [0.2, 0.25) is 0 Å². The van der Waals surface area contributed by atoms with Gasteiger partial charge in [0.1, 0.15) is 5.44 Å². The molecule has 6 aromatic carbocycles. The maximum absolute atomic E-state index is 16.1. The molecule has 0 bridgehead atoms. The maximum atomic E-state index is 16.1. The summed E-state index contributed by atoms with van der Waals surface area (Å²) in [6.45, 7) is 1.97. The molecule has 7 rings (SSSR count). The van der Waals surface area contributed by atoms with E-state index in [0.717, 1.165) is 37.9 Å². The van der Waals surface area contributed by atoms with Crippen LogP contribution >= 0.6 is 7.14 Å². The molecule has 0 atom stereocenters. The predicted molar refractivity (Wildman–Crippen MR) is 178 cm³/mol. The molecule has 0 N–H and O–H groups in total. The number of nitrogens with zero attached hydrogens (tertiary/aromatic N) is 1. The number of benzene rings is 6. The molecule has 0 unspecified atom stereocenters. The van der Waals surface area contributed by atoms with Gasteiger partial charge in [0, 0.05) is 21.6 Å². The molecule has 0 radical (unpaired) electrons. The van der Waals surface area contributed by atoms with Crippen LogP contribution in [0.2, 0.25) is 0 Å². The van der Waals surface area contributed by atoms with Crippen molar-refractivity contribution in [1.29, 1.82) is 0 Å². The first-order valence-corrected chi connectivity index (χ1v) is 16.0. The van der Waals surface area contributed by atoms with Crippen molar-refractivity contribution in [1.82, 2.24) is 4.98 Å². The summed E-state index contributed by atoms with van der Waals surface area (Å²) in [5, 5.41) is 6.92. The Morgan fingerprint density at radius 2 is 1.14 bits per heavy atom. The first-order valence-electron chi connectivity index (χ1n) is 14.3. The van der Waals surface area contributed by atoms with E-state index in [9.17, 15) is 4.79 Å². The number of carbonyl (C=O) groups is 1. The molecule has 4 nitrogen and oxygen atoms in total. The fourth-order valence-corrected chi connectivity index (χ4v) is 8.64. The highest BCUT2D eigenvalue weighted by atomic mass is 31.2. The van der Waals surface area contributed by atoms with E-state index in [4.69, 9.17) is 9.72 Å². The van der Waals surface area contributed by atoms with Gasteiger partial charge in [0.15, 0.2) is 12.8 Å². The predicted octanol–water partition coefficient (Wildman–Crippen LogP) is 8.02. The molecular formula is C38H28NO3P. The molecule has 7 aromatic rings. The van der Waals surface area contributed by atoms with E-state index in [1.165, 1.54) is 0 Å². The van der Waals surface area contributed by atoms with E-state index >= 15 is 4.57 Å². The van der Waals surface area contributed by atoms with Gasteiger partial charge >= 0.3 is 5.97 Å². The summed E-state index contributed by atoms with van der Waals surface area (Å²) in [4.78, 5) is 18.7. The Morgan fingerprint density at radius 3 is 1.72 bits per heavy atom. The van der Waals surface area contributed by atoms with Crippen molar-refractivity contribution >= 4 is 61.5 Å². The number of pyridine rings is 1. The Morgan fingerprint density at radius 1 is 0.628 bits per heavy atom. The number of hydrogen-bond acceptors (Lipinski definition) is 4. The Labute approximate surface area is 250 Å². The Hall–Kier alpha value is -5.05. The van der Waals surface area contributed by atoms with E-state index in [0.29, 0.717) is 21.6 Å². The number of rotatable bonds is 6. The van der Waals surface area contributed by atoms with Gasteiger partial charge in [-0.25, -0.2) is 9.78 Å². The second kappa shape index (κ2) is 11.0. The summed E-state index contributed by atoms with van der Waals surface area (Å²) < 4.78 is 21.6. The zero-order valence-electron chi connectivity index (χ0n) is 23.6. The third-order valence-corrected chi connectivity index (χ3v) is 10.9. The summed E-state index contributed by atoms with van der Waals surface area (Å²) in [7, 11) is -3.65. The van der Waals surface area contributed by atoms with Crippen LogP contribution in [-0.2, 0) is 9.30 Å². The highest BCUT2D eigenvalue weighted by Gasteiger charge is 2.36. The molecule has 0 saturated carbocycles. The van der Waals surface area contributed by atoms with Crippen LogP contribution in [0.15, 0.2) is 140 Å². The van der Waals surface area contributed by atoms with Crippen molar-refractivity contribution < 1.29 is 14.1 Å². The molecule has 0 fully saturated rings.